The van der Waals surface area contributed by atoms with Crippen LogP contribution in [0.2, 0.25) is 0 Å². The Morgan fingerprint density at radius 2 is 2.39 bits per heavy atom. The maximum absolute atomic E-state index is 12.6. The molecule has 0 radical (unpaired) electrons. The molecule has 1 saturated heterocycles. The van der Waals surface area contributed by atoms with Crippen LogP contribution in [-0.4, -0.2) is 42.1 Å². The lowest BCUT2D eigenvalue weighted by molar-refractivity contribution is -0.130. The highest BCUT2D eigenvalue weighted by molar-refractivity contribution is 5.79. The molecule has 3 rings (SSSR count). The Labute approximate surface area is 137 Å². The van der Waals surface area contributed by atoms with Gasteiger partial charge in [0.1, 0.15) is 0 Å². The zero-order valence-electron chi connectivity index (χ0n) is 14.1. The topological polar surface area (TPSA) is 65.4 Å². The van der Waals surface area contributed by atoms with Gasteiger partial charge in [-0.05, 0) is 44.6 Å². The lowest BCUT2D eigenvalue weighted by Crippen LogP contribution is -2.39. The zero-order chi connectivity index (χ0) is 16.2. The molecule has 0 spiro atoms. The van der Waals surface area contributed by atoms with Gasteiger partial charge < -0.3 is 14.8 Å². The number of hydrogen-bond acceptors (Lipinski definition) is 4. The molecule has 3 atom stereocenters. The minimum Gasteiger partial charge on any atom is -0.383 e. The van der Waals surface area contributed by atoms with Crippen LogP contribution in [0.4, 0.5) is 0 Å². The van der Waals surface area contributed by atoms with E-state index in [9.17, 15) is 4.79 Å². The van der Waals surface area contributed by atoms with E-state index in [0.29, 0.717) is 13.2 Å². The van der Waals surface area contributed by atoms with Crippen LogP contribution in [0, 0.1) is 5.92 Å². The van der Waals surface area contributed by atoms with Crippen LogP contribution in [0.3, 0.4) is 0 Å². The number of methoxy groups -OCH3 is 1. The average molecular weight is 321 g/mol. The minimum absolute atomic E-state index is 0.0493. The van der Waals surface area contributed by atoms with Crippen molar-refractivity contribution in [1.82, 2.24) is 15.1 Å². The van der Waals surface area contributed by atoms with Gasteiger partial charge in [0, 0.05) is 25.8 Å². The monoisotopic (exact) mass is 321 g/mol. The first-order valence-corrected chi connectivity index (χ1v) is 8.64. The molecule has 0 aromatic carbocycles. The van der Waals surface area contributed by atoms with E-state index in [0.717, 1.165) is 44.3 Å². The molecule has 1 aromatic heterocycles. The molecule has 0 bridgehead atoms. The van der Waals surface area contributed by atoms with Crippen molar-refractivity contribution in [2.24, 2.45) is 5.92 Å². The summed E-state index contributed by atoms with van der Waals surface area (Å²) in [6.07, 6.45) is 7.02. The number of carbonyl (C=O) groups is 1. The van der Waals surface area contributed by atoms with Crippen molar-refractivity contribution in [3.8, 4) is 0 Å². The first kappa shape index (κ1) is 16.5. The second kappa shape index (κ2) is 7.45. The Balaban J connectivity index is 1.65. The fourth-order valence-electron chi connectivity index (χ4n) is 3.56. The van der Waals surface area contributed by atoms with Gasteiger partial charge in [-0.2, -0.15) is 5.10 Å². The van der Waals surface area contributed by atoms with Crippen LogP contribution in [0.25, 0.3) is 0 Å². The van der Waals surface area contributed by atoms with Gasteiger partial charge >= 0.3 is 0 Å². The molecule has 1 aromatic rings. The summed E-state index contributed by atoms with van der Waals surface area (Å²) in [4.78, 5) is 12.6. The normalized spacial score (nSPS) is 27.5. The molecule has 1 aliphatic carbocycles. The Hall–Kier alpha value is -1.40. The Morgan fingerprint density at radius 3 is 3.17 bits per heavy atom. The second-order valence-electron chi connectivity index (χ2n) is 6.65. The van der Waals surface area contributed by atoms with E-state index in [4.69, 9.17) is 9.47 Å². The molecule has 1 fully saturated rings. The van der Waals surface area contributed by atoms with Crippen LogP contribution in [0.5, 0.6) is 0 Å². The molecule has 3 unspecified atom stereocenters. The van der Waals surface area contributed by atoms with E-state index in [2.05, 4.69) is 16.6 Å². The van der Waals surface area contributed by atoms with Gasteiger partial charge in [-0.3, -0.25) is 9.48 Å². The highest BCUT2D eigenvalue weighted by Gasteiger charge is 2.30. The highest BCUT2D eigenvalue weighted by atomic mass is 16.5. The van der Waals surface area contributed by atoms with Gasteiger partial charge in [0.25, 0.3) is 0 Å². The maximum atomic E-state index is 12.6. The van der Waals surface area contributed by atoms with E-state index >= 15 is 0 Å². The van der Waals surface area contributed by atoms with Crippen molar-refractivity contribution < 1.29 is 14.3 Å². The van der Waals surface area contributed by atoms with Crippen molar-refractivity contribution in [3.63, 3.8) is 0 Å². The third kappa shape index (κ3) is 3.93. The maximum Gasteiger partial charge on any atom is 0.223 e. The summed E-state index contributed by atoms with van der Waals surface area (Å²) in [6.45, 7) is 4.12. The van der Waals surface area contributed by atoms with Gasteiger partial charge in [-0.15, -0.1) is 0 Å². The average Bonchev–Trinajstić information content (AvgIpc) is 2.97. The molecule has 2 heterocycles. The molecule has 23 heavy (non-hydrogen) atoms. The molecule has 6 nitrogen and oxygen atoms in total. The number of ether oxygens (including phenoxy) is 2. The number of aryl methyl sites for hydroxylation is 1. The molecule has 0 saturated carbocycles. The number of nitrogens with one attached hydrogen (secondary N) is 1. The highest BCUT2D eigenvalue weighted by Crippen LogP contribution is 2.29. The Kier molecular flexibility index (Phi) is 5.33. The van der Waals surface area contributed by atoms with Crippen molar-refractivity contribution in [2.75, 3.05) is 20.3 Å². The van der Waals surface area contributed by atoms with Crippen molar-refractivity contribution in [2.45, 2.75) is 57.7 Å². The van der Waals surface area contributed by atoms with Crippen LogP contribution in [0.1, 0.15) is 49.9 Å². The third-order valence-electron chi connectivity index (χ3n) is 4.84. The molecule has 6 heteroatoms. The van der Waals surface area contributed by atoms with Gasteiger partial charge in [0.2, 0.25) is 5.91 Å². The van der Waals surface area contributed by atoms with Crippen LogP contribution in [-0.2, 0) is 27.2 Å². The summed E-state index contributed by atoms with van der Waals surface area (Å²) in [7, 11) is 1.70. The van der Waals surface area contributed by atoms with Crippen LogP contribution < -0.4 is 5.32 Å². The smallest absolute Gasteiger partial charge is 0.223 e. The fraction of sp³-hybridized carbons (Fsp3) is 0.765. The zero-order valence-corrected chi connectivity index (χ0v) is 14.1. The molecular weight excluding hydrogens is 294 g/mol. The summed E-state index contributed by atoms with van der Waals surface area (Å²) in [5, 5.41) is 7.91. The SMILES string of the molecule is COCCn1cc2c(n1)C(NC(=O)C1CCOC(C)C1)CCC2. The largest absolute Gasteiger partial charge is 0.383 e. The van der Waals surface area contributed by atoms with E-state index in [1.54, 1.807) is 7.11 Å². The summed E-state index contributed by atoms with van der Waals surface area (Å²) in [5.74, 6) is 0.226. The molecule has 2 aliphatic rings. The summed E-state index contributed by atoms with van der Waals surface area (Å²) >= 11 is 0. The number of hydrogen-bond donors (Lipinski definition) is 1. The summed E-state index contributed by atoms with van der Waals surface area (Å²) in [6, 6.07) is 0.0493. The molecule has 1 amide bonds. The summed E-state index contributed by atoms with van der Waals surface area (Å²) < 4.78 is 12.6. The lowest BCUT2D eigenvalue weighted by Gasteiger charge is -2.29. The molecule has 1 aliphatic heterocycles. The lowest BCUT2D eigenvalue weighted by atomic mass is 9.91. The van der Waals surface area contributed by atoms with E-state index in [1.807, 2.05) is 11.6 Å². The number of aromatic nitrogens is 2. The molecule has 1 N–H and O–H groups in total. The first-order chi connectivity index (χ1) is 11.2. The van der Waals surface area contributed by atoms with E-state index < -0.39 is 0 Å². The number of rotatable bonds is 5. The number of fused-ring (bicyclic) bond motifs is 1. The Morgan fingerprint density at radius 1 is 1.52 bits per heavy atom. The second-order valence-corrected chi connectivity index (χ2v) is 6.65. The quantitative estimate of drug-likeness (QED) is 0.899. The molecule has 128 valence electrons. The predicted octanol–water partition coefficient (Wildman–Crippen LogP) is 1.84. The fourth-order valence-corrected chi connectivity index (χ4v) is 3.56. The first-order valence-electron chi connectivity index (χ1n) is 8.64. The van der Waals surface area contributed by atoms with Gasteiger partial charge in [-0.25, -0.2) is 0 Å². The minimum atomic E-state index is 0.0493. The number of carbonyl (C=O) groups excluding carboxylic acids is 1. The number of amides is 1. The standard InChI is InChI=1S/C17H27N3O3/c1-12-10-13(6-8-23-12)17(21)18-15-5-3-4-14-11-20(7-9-22-2)19-16(14)15/h11-13,15H,3-10H2,1-2H3,(H,18,21). The van der Waals surface area contributed by atoms with Crippen LogP contribution in [0.15, 0.2) is 6.20 Å². The van der Waals surface area contributed by atoms with E-state index in [-0.39, 0.29) is 24.0 Å². The molecular formula is C17H27N3O3. The van der Waals surface area contributed by atoms with Crippen LogP contribution >= 0.6 is 0 Å². The third-order valence-corrected chi connectivity index (χ3v) is 4.84. The summed E-state index contributed by atoms with van der Waals surface area (Å²) in [5.41, 5.74) is 2.30. The van der Waals surface area contributed by atoms with Crippen molar-refractivity contribution >= 4 is 5.91 Å². The Bertz CT molecular complexity index is 543. The van der Waals surface area contributed by atoms with Crippen molar-refractivity contribution in [3.05, 3.63) is 17.5 Å². The van der Waals surface area contributed by atoms with Crippen molar-refractivity contribution in [1.29, 1.82) is 0 Å². The number of nitrogens with zero attached hydrogens (tertiary/aromatic N) is 2. The van der Waals surface area contributed by atoms with Gasteiger partial charge in [0.05, 0.1) is 31.0 Å². The van der Waals surface area contributed by atoms with Gasteiger partial charge in [0.15, 0.2) is 0 Å². The predicted molar refractivity (Wildman–Crippen MR) is 86.1 cm³/mol. The van der Waals surface area contributed by atoms with E-state index in [1.165, 1.54) is 5.56 Å². The van der Waals surface area contributed by atoms with Gasteiger partial charge in [-0.1, -0.05) is 0 Å².